The predicted molar refractivity (Wildman–Crippen MR) is 127 cm³/mol. The van der Waals surface area contributed by atoms with Gasteiger partial charge in [0, 0.05) is 18.8 Å². The van der Waals surface area contributed by atoms with Crippen LogP contribution in [0.15, 0.2) is 59.5 Å². The molecule has 0 aliphatic carbocycles. The van der Waals surface area contributed by atoms with Gasteiger partial charge in [0.2, 0.25) is 15.9 Å². The van der Waals surface area contributed by atoms with Crippen molar-refractivity contribution in [1.82, 2.24) is 4.31 Å². The second-order valence-corrected chi connectivity index (χ2v) is 12.7. The number of carbonyl (C=O) groups excluding carboxylic acids is 1. The van der Waals surface area contributed by atoms with E-state index in [1.165, 1.54) is 28.6 Å². The van der Waals surface area contributed by atoms with Gasteiger partial charge in [-0.25, -0.2) is 16.8 Å². The van der Waals surface area contributed by atoms with Crippen LogP contribution in [0.2, 0.25) is 0 Å². The van der Waals surface area contributed by atoms with Crippen LogP contribution in [0.25, 0.3) is 0 Å². The first-order chi connectivity index (χ1) is 14.9. The van der Waals surface area contributed by atoms with Crippen LogP contribution in [0.5, 0.6) is 0 Å². The van der Waals surface area contributed by atoms with Crippen LogP contribution in [-0.4, -0.2) is 45.9 Å². The molecule has 0 aliphatic heterocycles. The van der Waals surface area contributed by atoms with E-state index in [0.717, 1.165) is 0 Å². The number of amides is 1. The molecule has 0 saturated carbocycles. The zero-order chi connectivity index (χ0) is 23.9. The zero-order valence-corrected chi connectivity index (χ0v) is 20.6. The molecule has 1 N–H and O–H groups in total. The Bertz CT molecular complexity index is 1080. The van der Waals surface area contributed by atoms with E-state index in [9.17, 15) is 21.6 Å². The molecule has 0 saturated heterocycles. The molecule has 0 radical (unpaired) electrons. The second-order valence-electron chi connectivity index (χ2n) is 8.70. The van der Waals surface area contributed by atoms with Crippen molar-refractivity contribution < 1.29 is 21.6 Å². The van der Waals surface area contributed by atoms with Gasteiger partial charge < -0.3 is 5.32 Å². The number of nitrogens with zero attached hydrogens (tertiary/aromatic N) is 1. The summed E-state index contributed by atoms with van der Waals surface area (Å²) in [7, 11) is -7.31. The minimum atomic E-state index is -3.68. The molecule has 2 aromatic carbocycles. The van der Waals surface area contributed by atoms with Gasteiger partial charge in [0.05, 0.1) is 10.6 Å². The van der Waals surface area contributed by atoms with Crippen LogP contribution < -0.4 is 5.32 Å². The number of carbonyl (C=O) groups is 1. The van der Waals surface area contributed by atoms with Gasteiger partial charge in [-0.1, -0.05) is 58.0 Å². The van der Waals surface area contributed by atoms with Crippen LogP contribution >= 0.6 is 0 Å². The summed E-state index contributed by atoms with van der Waals surface area (Å²) in [5.41, 5.74) is 0.949. The van der Waals surface area contributed by atoms with Gasteiger partial charge in [0.15, 0.2) is 9.84 Å². The molecule has 9 heteroatoms. The molecule has 0 aromatic heterocycles. The Hall–Kier alpha value is -2.23. The molecule has 2 aromatic rings. The fourth-order valence-electron chi connectivity index (χ4n) is 3.22. The summed E-state index contributed by atoms with van der Waals surface area (Å²) >= 11 is 0. The molecule has 7 nitrogen and oxygen atoms in total. The van der Waals surface area contributed by atoms with Crippen molar-refractivity contribution in [2.45, 2.75) is 38.3 Å². The number of hydrogen-bond acceptors (Lipinski definition) is 5. The number of hydrogen-bond donors (Lipinski definition) is 1. The quantitative estimate of drug-likeness (QED) is 0.530. The number of rotatable bonds is 11. The molecule has 2 rings (SSSR count). The predicted octanol–water partition coefficient (Wildman–Crippen LogP) is 3.54. The summed E-state index contributed by atoms with van der Waals surface area (Å²) in [6, 6.07) is 14.4. The van der Waals surface area contributed by atoms with Gasteiger partial charge in [-0.2, -0.15) is 4.31 Å². The Morgan fingerprint density at radius 3 is 1.88 bits per heavy atom. The van der Waals surface area contributed by atoms with E-state index in [1.807, 2.05) is 27.7 Å². The smallest absolute Gasteiger partial charge is 0.243 e. The Morgan fingerprint density at radius 2 is 1.38 bits per heavy atom. The lowest BCUT2D eigenvalue weighted by Crippen LogP contribution is -2.37. The summed E-state index contributed by atoms with van der Waals surface area (Å²) in [5.74, 6) is -1.18. The number of sulfone groups is 1. The third-order valence-electron chi connectivity index (χ3n) is 4.49. The Balaban J connectivity index is 2.07. The molecule has 0 atom stereocenters. The summed E-state index contributed by atoms with van der Waals surface area (Å²) in [6.07, 6.45) is 0. The number of nitrogens with one attached hydrogen (secondary N) is 1. The summed E-state index contributed by atoms with van der Waals surface area (Å²) in [4.78, 5) is 12.4. The minimum Gasteiger partial charge on any atom is -0.325 e. The van der Waals surface area contributed by atoms with Crippen LogP contribution in [0, 0.1) is 11.8 Å². The lowest BCUT2D eigenvalue weighted by atomic mass is 10.2. The lowest BCUT2D eigenvalue weighted by Gasteiger charge is -2.25. The van der Waals surface area contributed by atoms with Crippen molar-refractivity contribution in [2.24, 2.45) is 11.8 Å². The highest BCUT2D eigenvalue weighted by Gasteiger charge is 2.26. The molecule has 1 amide bonds. The fraction of sp³-hybridized carbons (Fsp3) is 0.435. The Labute approximate surface area is 191 Å². The Morgan fingerprint density at radius 1 is 0.844 bits per heavy atom. The normalized spacial score (nSPS) is 12.5. The van der Waals surface area contributed by atoms with E-state index in [-0.39, 0.29) is 22.5 Å². The van der Waals surface area contributed by atoms with Crippen molar-refractivity contribution in [3.63, 3.8) is 0 Å². The topological polar surface area (TPSA) is 101 Å². The summed E-state index contributed by atoms with van der Waals surface area (Å²) in [5, 5.41) is 2.53. The van der Waals surface area contributed by atoms with E-state index < -0.39 is 31.5 Å². The molecule has 0 heterocycles. The van der Waals surface area contributed by atoms with Crippen molar-refractivity contribution >= 4 is 31.5 Å². The third kappa shape index (κ3) is 8.03. The van der Waals surface area contributed by atoms with Gasteiger partial charge in [0.1, 0.15) is 5.75 Å². The monoisotopic (exact) mass is 480 g/mol. The van der Waals surface area contributed by atoms with Crippen molar-refractivity contribution in [3.05, 3.63) is 60.2 Å². The highest BCUT2D eigenvalue weighted by molar-refractivity contribution is 7.91. The maximum atomic E-state index is 13.1. The molecular weight excluding hydrogens is 448 g/mol. The second kappa shape index (κ2) is 11.1. The highest BCUT2D eigenvalue weighted by Crippen LogP contribution is 2.21. The van der Waals surface area contributed by atoms with Crippen molar-refractivity contribution in [3.8, 4) is 0 Å². The molecule has 0 spiro atoms. The minimum absolute atomic E-state index is 0.133. The van der Waals surface area contributed by atoms with Crippen LogP contribution in [0.3, 0.4) is 0 Å². The van der Waals surface area contributed by atoms with Crippen LogP contribution in [-0.2, 0) is 30.4 Å². The van der Waals surface area contributed by atoms with Gasteiger partial charge in [0.25, 0.3) is 0 Å². The van der Waals surface area contributed by atoms with E-state index in [4.69, 9.17) is 0 Å². The first-order valence-electron chi connectivity index (χ1n) is 10.5. The summed E-state index contributed by atoms with van der Waals surface area (Å²) in [6.45, 7) is 8.69. The highest BCUT2D eigenvalue weighted by atomic mass is 32.2. The Kier molecular flexibility index (Phi) is 9.00. The van der Waals surface area contributed by atoms with E-state index >= 15 is 0 Å². The fourth-order valence-corrected chi connectivity index (χ4v) is 6.26. The van der Waals surface area contributed by atoms with Crippen molar-refractivity contribution in [1.29, 1.82) is 0 Å². The van der Waals surface area contributed by atoms with Gasteiger partial charge in [-0.3, -0.25) is 4.79 Å². The lowest BCUT2D eigenvalue weighted by molar-refractivity contribution is -0.113. The largest absolute Gasteiger partial charge is 0.325 e. The van der Waals surface area contributed by atoms with E-state index in [0.29, 0.717) is 24.3 Å². The first-order valence-corrected chi connectivity index (χ1v) is 13.8. The maximum absolute atomic E-state index is 13.1. The van der Waals surface area contributed by atoms with E-state index in [1.54, 1.807) is 30.3 Å². The van der Waals surface area contributed by atoms with Crippen molar-refractivity contribution in [2.75, 3.05) is 24.2 Å². The average molecular weight is 481 g/mol. The molecule has 0 aliphatic rings. The first kappa shape index (κ1) is 26.0. The molecule has 32 heavy (non-hydrogen) atoms. The number of anilines is 1. The molecular formula is C23H32N2O5S2. The molecule has 0 bridgehead atoms. The van der Waals surface area contributed by atoms with Crippen LogP contribution in [0.4, 0.5) is 5.69 Å². The SMILES string of the molecule is CC(C)CN(CC(C)C)S(=O)(=O)c1ccc(NC(=O)CS(=O)(=O)Cc2ccccc2)cc1. The molecule has 0 unspecified atom stereocenters. The van der Waals surface area contributed by atoms with Gasteiger partial charge >= 0.3 is 0 Å². The number of sulfonamides is 1. The van der Waals surface area contributed by atoms with E-state index in [2.05, 4.69) is 5.32 Å². The van der Waals surface area contributed by atoms with Gasteiger partial charge in [-0.15, -0.1) is 0 Å². The standard InChI is InChI=1S/C23H32N2O5S2/c1-18(2)14-25(15-19(3)4)32(29,30)22-12-10-21(11-13-22)24-23(26)17-31(27,28)16-20-8-6-5-7-9-20/h5-13,18-19H,14-17H2,1-4H3,(H,24,26). The number of benzene rings is 2. The van der Waals surface area contributed by atoms with Gasteiger partial charge in [-0.05, 0) is 41.7 Å². The molecule has 176 valence electrons. The summed E-state index contributed by atoms with van der Waals surface area (Å²) < 4.78 is 52.2. The zero-order valence-electron chi connectivity index (χ0n) is 19.0. The third-order valence-corrected chi connectivity index (χ3v) is 7.81. The van der Waals surface area contributed by atoms with Crippen LogP contribution in [0.1, 0.15) is 33.3 Å². The molecule has 0 fully saturated rings. The average Bonchev–Trinajstić information content (AvgIpc) is 2.67. The maximum Gasteiger partial charge on any atom is 0.243 e.